The third kappa shape index (κ3) is 5.68. The number of hydrogen-bond acceptors (Lipinski definition) is 3. The Morgan fingerprint density at radius 3 is 2.24 bits per heavy atom. The second-order valence-electron chi connectivity index (χ2n) is 6.91. The van der Waals surface area contributed by atoms with E-state index in [1.165, 1.54) is 0 Å². The molecule has 0 amide bonds. The molecular weight excluding hydrogens is 262 g/mol. The van der Waals surface area contributed by atoms with Crippen LogP contribution in [0.5, 0.6) is 5.75 Å². The first-order chi connectivity index (χ1) is 9.75. The maximum Gasteiger partial charge on any atom is 0.119 e. The molecule has 2 unspecified atom stereocenters. The third-order valence-electron chi connectivity index (χ3n) is 4.11. The van der Waals surface area contributed by atoms with Crippen LogP contribution in [0.3, 0.4) is 0 Å². The molecule has 0 saturated heterocycles. The number of rotatable bonds is 7. The highest BCUT2D eigenvalue weighted by molar-refractivity contribution is 5.28. The quantitative estimate of drug-likeness (QED) is 0.828. The van der Waals surface area contributed by atoms with E-state index in [1.807, 2.05) is 24.3 Å². The summed E-state index contributed by atoms with van der Waals surface area (Å²) < 4.78 is 5.56. The monoisotopic (exact) mass is 293 g/mol. The van der Waals surface area contributed by atoms with Crippen molar-refractivity contribution in [3.63, 3.8) is 0 Å². The smallest absolute Gasteiger partial charge is 0.119 e. The fourth-order valence-corrected chi connectivity index (χ4v) is 2.20. The highest BCUT2D eigenvalue weighted by atomic mass is 16.5. The summed E-state index contributed by atoms with van der Waals surface area (Å²) >= 11 is 0. The molecule has 1 rings (SSSR count). The summed E-state index contributed by atoms with van der Waals surface area (Å²) in [5.41, 5.74) is 1.14. The van der Waals surface area contributed by atoms with E-state index in [-0.39, 0.29) is 5.41 Å². The van der Waals surface area contributed by atoms with Gasteiger partial charge in [-0.05, 0) is 43.5 Å². The van der Waals surface area contributed by atoms with Gasteiger partial charge in [0.05, 0.1) is 12.7 Å². The van der Waals surface area contributed by atoms with Crippen molar-refractivity contribution in [3.05, 3.63) is 29.8 Å². The third-order valence-corrected chi connectivity index (χ3v) is 4.11. The lowest BCUT2D eigenvalue weighted by Crippen LogP contribution is -2.41. The molecule has 120 valence electrons. The summed E-state index contributed by atoms with van der Waals surface area (Å²) in [6.07, 6.45) is 0.528. The number of hydrogen-bond donors (Lipinski definition) is 1. The Morgan fingerprint density at radius 2 is 1.76 bits per heavy atom. The van der Waals surface area contributed by atoms with Gasteiger partial charge < -0.3 is 14.7 Å². The predicted molar refractivity (Wildman–Crippen MR) is 88.7 cm³/mol. The molecule has 0 aliphatic heterocycles. The van der Waals surface area contributed by atoms with Gasteiger partial charge >= 0.3 is 0 Å². The molecular formula is C18H31NO2. The number of likely N-dealkylation sites (N-methyl/N-ethyl adjacent to an activating group) is 1. The van der Waals surface area contributed by atoms with E-state index in [0.717, 1.165) is 24.3 Å². The van der Waals surface area contributed by atoms with Gasteiger partial charge in [-0.15, -0.1) is 0 Å². The molecule has 0 bridgehead atoms. The zero-order valence-corrected chi connectivity index (χ0v) is 14.4. The van der Waals surface area contributed by atoms with Crippen LogP contribution in [0.1, 0.15) is 52.7 Å². The van der Waals surface area contributed by atoms with Gasteiger partial charge in [-0.1, -0.05) is 39.8 Å². The first-order valence-corrected chi connectivity index (χ1v) is 7.86. The van der Waals surface area contributed by atoms with Crippen molar-refractivity contribution in [3.8, 4) is 5.75 Å². The van der Waals surface area contributed by atoms with E-state index in [0.29, 0.717) is 12.6 Å². The van der Waals surface area contributed by atoms with Crippen LogP contribution < -0.4 is 4.74 Å². The zero-order valence-electron chi connectivity index (χ0n) is 14.4. The van der Waals surface area contributed by atoms with Crippen molar-refractivity contribution in [1.82, 2.24) is 4.90 Å². The summed E-state index contributed by atoms with van der Waals surface area (Å²) in [5.74, 6) is 0.865. The molecule has 0 aliphatic rings. The van der Waals surface area contributed by atoms with Crippen LogP contribution in [-0.4, -0.2) is 36.2 Å². The van der Waals surface area contributed by atoms with Crippen LogP contribution in [0.25, 0.3) is 0 Å². The van der Waals surface area contributed by atoms with Crippen molar-refractivity contribution in [2.45, 2.75) is 53.2 Å². The lowest BCUT2D eigenvalue weighted by atomic mass is 9.87. The molecule has 3 heteroatoms. The molecule has 0 spiro atoms. The number of nitrogens with zero attached hydrogens (tertiary/aromatic N) is 1. The Labute approximate surface area is 129 Å². The normalized spacial score (nSPS) is 15.0. The summed E-state index contributed by atoms with van der Waals surface area (Å²) in [4.78, 5) is 2.21. The minimum absolute atomic E-state index is 0.201. The van der Waals surface area contributed by atoms with Gasteiger partial charge in [-0.3, -0.25) is 0 Å². The molecule has 0 fully saturated rings. The minimum atomic E-state index is -0.472. The molecule has 3 nitrogen and oxygen atoms in total. The number of benzene rings is 1. The predicted octanol–water partition coefficient (Wildman–Crippen LogP) is 3.88. The minimum Gasteiger partial charge on any atom is -0.494 e. The first kappa shape index (κ1) is 18.0. The fourth-order valence-electron chi connectivity index (χ4n) is 2.20. The Morgan fingerprint density at radius 1 is 1.19 bits per heavy atom. The Balaban J connectivity index is 2.61. The number of aliphatic hydroxyl groups is 1. The van der Waals surface area contributed by atoms with Gasteiger partial charge in [0.1, 0.15) is 5.75 Å². The van der Waals surface area contributed by atoms with Gasteiger partial charge in [-0.2, -0.15) is 0 Å². The van der Waals surface area contributed by atoms with Gasteiger partial charge in [0.15, 0.2) is 0 Å². The topological polar surface area (TPSA) is 32.7 Å². The Hall–Kier alpha value is -1.06. The zero-order chi connectivity index (χ0) is 16.0. The Bertz CT molecular complexity index is 408. The molecule has 2 atom stereocenters. The number of aliphatic hydroxyl groups excluding tert-OH is 1. The SMILES string of the molecule is CCCOc1ccc(C(O)CN(C)C(C)C(C)(C)C)cc1. The summed E-state index contributed by atoms with van der Waals surface area (Å²) in [6, 6.07) is 8.17. The average Bonchev–Trinajstić information content (AvgIpc) is 2.43. The van der Waals surface area contributed by atoms with E-state index in [9.17, 15) is 5.11 Å². The van der Waals surface area contributed by atoms with E-state index >= 15 is 0 Å². The summed E-state index contributed by atoms with van der Waals surface area (Å²) in [7, 11) is 2.07. The molecule has 1 N–H and O–H groups in total. The van der Waals surface area contributed by atoms with Crippen LogP contribution in [0.2, 0.25) is 0 Å². The van der Waals surface area contributed by atoms with Crippen LogP contribution in [0, 0.1) is 5.41 Å². The highest BCUT2D eigenvalue weighted by Gasteiger charge is 2.25. The van der Waals surface area contributed by atoms with Gasteiger partial charge in [0.2, 0.25) is 0 Å². The molecule has 0 aliphatic carbocycles. The van der Waals surface area contributed by atoms with Crippen molar-refractivity contribution in [1.29, 1.82) is 0 Å². The van der Waals surface area contributed by atoms with Crippen molar-refractivity contribution in [2.24, 2.45) is 5.41 Å². The molecule has 1 aromatic carbocycles. The lowest BCUT2D eigenvalue weighted by molar-refractivity contribution is 0.0715. The molecule has 0 radical (unpaired) electrons. The van der Waals surface area contributed by atoms with Gasteiger partial charge in [0.25, 0.3) is 0 Å². The van der Waals surface area contributed by atoms with E-state index in [4.69, 9.17) is 4.74 Å². The summed E-state index contributed by atoms with van der Waals surface area (Å²) in [6.45, 7) is 12.3. The van der Waals surface area contributed by atoms with E-state index in [2.05, 4.69) is 46.6 Å². The van der Waals surface area contributed by atoms with Crippen molar-refractivity contribution >= 4 is 0 Å². The average molecular weight is 293 g/mol. The second kappa shape index (κ2) is 7.81. The maximum atomic E-state index is 10.4. The molecule has 0 heterocycles. The molecule has 0 aromatic heterocycles. The second-order valence-corrected chi connectivity index (χ2v) is 6.91. The first-order valence-electron chi connectivity index (χ1n) is 7.86. The van der Waals surface area contributed by atoms with E-state index in [1.54, 1.807) is 0 Å². The van der Waals surface area contributed by atoms with Crippen LogP contribution in [-0.2, 0) is 0 Å². The van der Waals surface area contributed by atoms with Crippen LogP contribution in [0.15, 0.2) is 24.3 Å². The molecule has 0 saturated carbocycles. The van der Waals surface area contributed by atoms with Crippen LogP contribution in [0.4, 0.5) is 0 Å². The van der Waals surface area contributed by atoms with Crippen molar-refractivity contribution in [2.75, 3.05) is 20.2 Å². The van der Waals surface area contributed by atoms with Gasteiger partial charge in [-0.25, -0.2) is 0 Å². The molecule has 21 heavy (non-hydrogen) atoms. The standard InChI is InChI=1S/C18H31NO2/c1-7-12-21-16-10-8-15(9-11-16)17(20)13-19(6)14(2)18(3,4)5/h8-11,14,17,20H,7,12-13H2,1-6H3. The van der Waals surface area contributed by atoms with Crippen LogP contribution >= 0.6 is 0 Å². The van der Waals surface area contributed by atoms with Crippen molar-refractivity contribution < 1.29 is 9.84 Å². The highest BCUT2D eigenvalue weighted by Crippen LogP contribution is 2.25. The van der Waals surface area contributed by atoms with Gasteiger partial charge in [0, 0.05) is 12.6 Å². The summed E-state index contributed by atoms with van der Waals surface area (Å²) in [5, 5.41) is 10.4. The fraction of sp³-hybridized carbons (Fsp3) is 0.667. The number of ether oxygens (including phenoxy) is 1. The molecule has 1 aromatic rings. The maximum absolute atomic E-state index is 10.4. The lowest BCUT2D eigenvalue weighted by Gasteiger charge is -2.36. The largest absolute Gasteiger partial charge is 0.494 e. The van der Waals surface area contributed by atoms with E-state index < -0.39 is 6.10 Å². The Kier molecular flexibility index (Phi) is 6.69.